The highest BCUT2D eigenvalue weighted by molar-refractivity contribution is 5.94. The zero-order valence-corrected chi connectivity index (χ0v) is 21.7. The summed E-state index contributed by atoms with van der Waals surface area (Å²) in [5.41, 5.74) is 1.58. The highest BCUT2D eigenvalue weighted by Crippen LogP contribution is 2.25. The van der Waals surface area contributed by atoms with Crippen molar-refractivity contribution in [3.63, 3.8) is 0 Å². The Kier molecular flexibility index (Phi) is 8.27. The molecule has 0 radical (unpaired) electrons. The van der Waals surface area contributed by atoms with Gasteiger partial charge < -0.3 is 23.8 Å². The molecule has 0 aliphatic rings. The van der Waals surface area contributed by atoms with Crippen molar-refractivity contribution < 1.29 is 23.7 Å². The van der Waals surface area contributed by atoms with E-state index in [2.05, 4.69) is 4.98 Å². The molecule has 38 heavy (non-hydrogen) atoms. The molecular formula is C29H29N3O6. The Bertz CT molecular complexity index is 1400. The minimum absolute atomic E-state index is 0.178. The van der Waals surface area contributed by atoms with E-state index in [1.807, 2.05) is 53.4 Å². The number of carbonyl (C=O) groups excluding carboxylic acids is 1. The second-order valence-corrected chi connectivity index (χ2v) is 8.33. The Morgan fingerprint density at radius 3 is 1.84 bits per heavy atom. The first-order valence-corrected chi connectivity index (χ1v) is 11.8. The predicted octanol–water partition coefficient (Wildman–Crippen LogP) is 4.25. The zero-order chi connectivity index (χ0) is 27.1. The molecule has 0 N–H and O–H groups in total. The summed E-state index contributed by atoms with van der Waals surface area (Å²) in [6, 6.07) is 22.1. The molecule has 0 spiro atoms. The van der Waals surface area contributed by atoms with Crippen LogP contribution in [-0.4, -0.2) is 44.0 Å². The number of hydrogen-bond acceptors (Lipinski definition) is 8. The van der Waals surface area contributed by atoms with Crippen LogP contribution in [0.25, 0.3) is 5.69 Å². The summed E-state index contributed by atoms with van der Waals surface area (Å²) >= 11 is 0. The minimum Gasteiger partial charge on any atom is -0.497 e. The summed E-state index contributed by atoms with van der Waals surface area (Å²) in [5, 5.41) is 0. The Morgan fingerprint density at radius 1 is 0.789 bits per heavy atom. The standard InChI is InChI=1S/C29H29N3O6/c1-35-22-13-9-20(10-14-22)17-31(18-21-11-15-23(36-2)16-12-21)27-26(29(34)38-4)28(33)32(19-30-27)24-7-5-6-8-25(24)37-3/h5-16,19H,17-18H2,1-4H3. The molecule has 0 saturated carbocycles. The lowest BCUT2D eigenvalue weighted by atomic mass is 10.1. The summed E-state index contributed by atoms with van der Waals surface area (Å²) in [5.74, 6) is 1.34. The topological polar surface area (TPSA) is 92.1 Å². The highest BCUT2D eigenvalue weighted by Gasteiger charge is 2.26. The third-order valence-corrected chi connectivity index (χ3v) is 6.05. The second-order valence-electron chi connectivity index (χ2n) is 8.33. The van der Waals surface area contributed by atoms with E-state index in [4.69, 9.17) is 18.9 Å². The van der Waals surface area contributed by atoms with Gasteiger partial charge in [-0.2, -0.15) is 0 Å². The van der Waals surface area contributed by atoms with Gasteiger partial charge in [-0.25, -0.2) is 9.78 Å². The van der Waals surface area contributed by atoms with Crippen molar-refractivity contribution in [2.45, 2.75) is 13.1 Å². The van der Waals surface area contributed by atoms with Crippen LogP contribution in [0.1, 0.15) is 21.5 Å². The fourth-order valence-electron chi connectivity index (χ4n) is 4.07. The van der Waals surface area contributed by atoms with Crippen molar-refractivity contribution in [2.24, 2.45) is 0 Å². The summed E-state index contributed by atoms with van der Waals surface area (Å²) in [6.45, 7) is 0.732. The molecule has 0 unspecified atom stereocenters. The maximum absolute atomic E-state index is 13.7. The summed E-state index contributed by atoms with van der Waals surface area (Å²) in [6.07, 6.45) is 1.40. The average Bonchev–Trinajstić information content (AvgIpc) is 2.97. The Labute approximate surface area is 220 Å². The first-order valence-electron chi connectivity index (χ1n) is 11.8. The summed E-state index contributed by atoms with van der Waals surface area (Å²) in [7, 11) is 5.96. The van der Waals surface area contributed by atoms with E-state index < -0.39 is 11.5 Å². The fourth-order valence-corrected chi connectivity index (χ4v) is 4.07. The van der Waals surface area contributed by atoms with Crippen LogP contribution in [0, 0.1) is 0 Å². The number of nitrogens with zero attached hydrogens (tertiary/aromatic N) is 3. The molecule has 0 saturated heterocycles. The zero-order valence-electron chi connectivity index (χ0n) is 21.7. The highest BCUT2D eigenvalue weighted by atomic mass is 16.5. The Morgan fingerprint density at radius 2 is 1.34 bits per heavy atom. The molecule has 1 heterocycles. The van der Waals surface area contributed by atoms with Gasteiger partial charge in [0.25, 0.3) is 5.56 Å². The van der Waals surface area contributed by atoms with E-state index in [1.54, 1.807) is 38.5 Å². The van der Waals surface area contributed by atoms with E-state index in [9.17, 15) is 9.59 Å². The van der Waals surface area contributed by atoms with Gasteiger partial charge in [-0.15, -0.1) is 0 Å². The first-order chi connectivity index (χ1) is 18.5. The van der Waals surface area contributed by atoms with Crippen LogP contribution in [0.2, 0.25) is 0 Å². The van der Waals surface area contributed by atoms with Crippen LogP contribution in [0.4, 0.5) is 5.82 Å². The fraction of sp³-hybridized carbons (Fsp3) is 0.207. The number of benzene rings is 3. The van der Waals surface area contributed by atoms with E-state index in [1.165, 1.54) is 25.1 Å². The molecule has 3 aromatic carbocycles. The van der Waals surface area contributed by atoms with Gasteiger partial charge in [0, 0.05) is 13.1 Å². The monoisotopic (exact) mass is 515 g/mol. The molecule has 4 rings (SSSR count). The van der Waals surface area contributed by atoms with E-state index in [0.29, 0.717) is 24.5 Å². The van der Waals surface area contributed by atoms with Gasteiger partial charge in [-0.1, -0.05) is 36.4 Å². The molecule has 0 atom stereocenters. The molecule has 9 heteroatoms. The number of anilines is 1. The van der Waals surface area contributed by atoms with Crippen LogP contribution in [0.15, 0.2) is 83.9 Å². The molecule has 0 bridgehead atoms. The lowest BCUT2D eigenvalue weighted by molar-refractivity contribution is 0.0598. The second kappa shape index (κ2) is 12.0. The summed E-state index contributed by atoms with van der Waals surface area (Å²) < 4.78 is 22.3. The molecule has 0 amide bonds. The van der Waals surface area contributed by atoms with E-state index in [0.717, 1.165) is 22.6 Å². The van der Waals surface area contributed by atoms with Gasteiger partial charge in [-0.05, 0) is 47.5 Å². The van der Waals surface area contributed by atoms with Gasteiger partial charge in [0.05, 0.1) is 34.1 Å². The minimum atomic E-state index is -0.781. The average molecular weight is 516 g/mol. The van der Waals surface area contributed by atoms with Crippen LogP contribution < -0.4 is 24.7 Å². The number of para-hydroxylation sites is 2. The molecule has 0 aliphatic heterocycles. The molecule has 0 aliphatic carbocycles. The van der Waals surface area contributed by atoms with Crippen molar-refractivity contribution in [1.29, 1.82) is 0 Å². The number of rotatable bonds is 10. The maximum atomic E-state index is 13.7. The van der Waals surface area contributed by atoms with Crippen molar-refractivity contribution in [3.05, 3.63) is 106 Å². The lowest BCUT2D eigenvalue weighted by Crippen LogP contribution is -2.33. The van der Waals surface area contributed by atoms with Gasteiger partial charge >= 0.3 is 5.97 Å². The van der Waals surface area contributed by atoms with Crippen molar-refractivity contribution in [2.75, 3.05) is 33.3 Å². The predicted molar refractivity (Wildman–Crippen MR) is 144 cm³/mol. The number of esters is 1. The van der Waals surface area contributed by atoms with Crippen LogP contribution in [0.5, 0.6) is 17.2 Å². The molecule has 1 aromatic heterocycles. The van der Waals surface area contributed by atoms with Crippen molar-refractivity contribution in [3.8, 4) is 22.9 Å². The van der Waals surface area contributed by atoms with Gasteiger partial charge in [0.1, 0.15) is 23.6 Å². The Balaban J connectivity index is 1.84. The van der Waals surface area contributed by atoms with Crippen LogP contribution in [-0.2, 0) is 17.8 Å². The molecular weight excluding hydrogens is 486 g/mol. The summed E-state index contributed by atoms with van der Waals surface area (Å²) in [4.78, 5) is 33.2. The first kappa shape index (κ1) is 26.3. The smallest absolute Gasteiger partial charge is 0.347 e. The number of methoxy groups -OCH3 is 4. The maximum Gasteiger partial charge on any atom is 0.347 e. The van der Waals surface area contributed by atoms with Gasteiger partial charge in [-0.3, -0.25) is 9.36 Å². The lowest BCUT2D eigenvalue weighted by Gasteiger charge is -2.26. The van der Waals surface area contributed by atoms with Crippen LogP contribution in [0.3, 0.4) is 0 Å². The SMILES string of the molecule is COC(=O)c1c(N(Cc2ccc(OC)cc2)Cc2ccc(OC)cc2)ncn(-c2ccccc2OC)c1=O. The third kappa shape index (κ3) is 5.62. The largest absolute Gasteiger partial charge is 0.497 e. The molecule has 0 fully saturated rings. The number of hydrogen-bond donors (Lipinski definition) is 0. The van der Waals surface area contributed by atoms with E-state index >= 15 is 0 Å². The van der Waals surface area contributed by atoms with Crippen LogP contribution >= 0.6 is 0 Å². The van der Waals surface area contributed by atoms with Crippen molar-refractivity contribution in [1.82, 2.24) is 9.55 Å². The molecule has 4 aromatic rings. The normalized spacial score (nSPS) is 10.5. The quantitative estimate of drug-likeness (QED) is 0.290. The van der Waals surface area contributed by atoms with E-state index in [-0.39, 0.29) is 11.4 Å². The molecule has 196 valence electrons. The number of aromatic nitrogens is 2. The van der Waals surface area contributed by atoms with Crippen molar-refractivity contribution >= 4 is 11.8 Å². The molecule has 9 nitrogen and oxygen atoms in total. The van der Waals surface area contributed by atoms with Gasteiger partial charge in [0.2, 0.25) is 0 Å². The Hall–Kier alpha value is -4.79. The number of ether oxygens (including phenoxy) is 4. The van der Waals surface area contributed by atoms with Gasteiger partial charge in [0.15, 0.2) is 11.4 Å². The third-order valence-electron chi connectivity index (χ3n) is 6.05. The number of carbonyl (C=O) groups is 1.